The van der Waals surface area contributed by atoms with Crippen molar-refractivity contribution >= 4 is 90.8 Å². The monoisotopic (exact) mass is 1240 g/mol. The molecule has 11 aromatic rings. The van der Waals surface area contributed by atoms with Crippen LogP contribution in [-0.2, 0) is 44.8 Å². The molecule has 0 aliphatic rings. The first-order valence-electron chi connectivity index (χ1n) is 21.4. The quantitative estimate of drug-likeness (QED) is 0.0512. The van der Waals surface area contributed by atoms with Crippen molar-refractivity contribution in [2.75, 3.05) is 0 Å². The largest absolute Gasteiger partial charge is 1.00 e. The second-order valence-corrected chi connectivity index (χ2v) is 20.3. The number of rotatable bonds is 6. The molecule has 0 aliphatic carbocycles. The van der Waals surface area contributed by atoms with Gasteiger partial charge in [-0.15, -0.1) is 35.4 Å². The zero-order chi connectivity index (χ0) is 43.5. The molecule has 0 radical (unpaired) electrons. The molecule has 0 nitrogen and oxygen atoms in total. The second-order valence-electron chi connectivity index (χ2n) is 15.5. The van der Waals surface area contributed by atoms with Gasteiger partial charge in [0.2, 0.25) is 0 Å². The predicted octanol–water partition coefficient (Wildman–Crippen LogP) is 12.5. The Kier molecular flexibility index (Phi) is 17.0. The molecule has 0 amide bonds. The normalized spacial score (nSPS) is 10.4. The van der Waals surface area contributed by atoms with E-state index in [-0.39, 0.29) is 44.8 Å². The van der Waals surface area contributed by atoms with Crippen molar-refractivity contribution in [2.24, 2.45) is 0 Å². The van der Waals surface area contributed by atoms with E-state index >= 15 is 0 Å². The van der Waals surface area contributed by atoms with Crippen LogP contribution in [0.3, 0.4) is 0 Å². The molecule has 0 saturated heterocycles. The molecule has 0 spiro atoms. The molecule has 0 bridgehead atoms. The van der Waals surface area contributed by atoms with Crippen LogP contribution in [0.15, 0.2) is 255 Å². The van der Waals surface area contributed by atoms with Crippen molar-refractivity contribution in [1.29, 1.82) is 0 Å². The molecule has 0 atom stereocenters. The van der Waals surface area contributed by atoms with Crippen LogP contribution in [0.1, 0.15) is 11.1 Å². The van der Waals surface area contributed by atoms with Gasteiger partial charge in [0.05, 0.1) is 0 Å². The van der Waals surface area contributed by atoms with Crippen molar-refractivity contribution in [3.63, 3.8) is 0 Å². The Morgan fingerprint density at radius 1 is 0.258 bits per heavy atom. The molecule has 0 N–H and O–H groups in total. The van der Waals surface area contributed by atoms with E-state index in [4.69, 9.17) is 12.8 Å². The molecule has 0 aliphatic heterocycles. The summed E-state index contributed by atoms with van der Waals surface area (Å²) in [5.74, 6) is 4.87. The van der Waals surface area contributed by atoms with E-state index in [0.717, 1.165) is 11.1 Å². The minimum absolute atomic E-state index is 0. The van der Waals surface area contributed by atoms with E-state index in [1.807, 2.05) is 60.7 Å². The molecule has 0 unspecified atom stereocenters. The van der Waals surface area contributed by atoms with Gasteiger partial charge in [-0.05, 0) is 104 Å². The van der Waals surface area contributed by atoms with Crippen LogP contribution < -0.4 is 31.8 Å². The minimum Gasteiger partial charge on any atom is -0.366 e. The molecule has 0 saturated carbocycles. The van der Waals surface area contributed by atoms with Crippen molar-refractivity contribution in [2.45, 2.75) is 0 Å². The Morgan fingerprint density at radius 2 is 0.515 bits per heavy atom. The van der Waals surface area contributed by atoms with Gasteiger partial charge in [-0.25, -0.2) is 0 Å². The molecule has 11 aromatic carbocycles. The fourth-order valence-corrected chi connectivity index (χ4v) is 14.4. The summed E-state index contributed by atoms with van der Waals surface area (Å²) in [5.41, 5.74) is 1.65. The van der Waals surface area contributed by atoms with Gasteiger partial charge >= 0.3 is 44.8 Å². The molecule has 0 aromatic heterocycles. The van der Waals surface area contributed by atoms with E-state index in [1.54, 1.807) is 0 Å². The topological polar surface area (TPSA) is 0 Å². The van der Waals surface area contributed by atoms with Crippen molar-refractivity contribution < 1.29 is 44.8 Å². The maximum absolute atomic E-state index is 7.18. The smallest absolute Gasteiger partial charge is 0.366 e. The Morgan fingerprint density at radius 3 is 0.833 bits per heavy atom. The van der Waals surface area contributed by atoms with Crippen LogP contribution >= 0.6 is 15.8 Å². The average molecular weight is 1240 g/mol. The van der Waals surface area contributed by atoms with Crippen LogP contribution in [0.5, 0.6) is 0 Å². The number of benzene rings is 11. The van der Waals surface area contributed by atoms with Gasteiger partial charge in [0.15, 0.2) is 0 Å². The summed E-state index contributed by atoms with van der Waals surface area (Å²) in [4.78, 5) is 0. The van der Waals surface area contributed by atoms with E-state index < -0.39 is 15.8 Å². The molecule has 4 heteroatoms. The Bertz CT molecular complexity index is 3110. The fraction of sp³-hybridized carbons (Fsp3) is 0. The first-order valence-corrected chi connectivity index (χ1v) is 24.4. The van der Waals surface area contributed by atoms with Crippen LogP contribution in [0.25, 0.3) is 43.1 Å². The summed E-state index contributed by atoms with van der Waals surface area (Å²) in [6.07, 6.45) is 14.4. The first kappa shape index (κ1) is 47.9. The van der Waals surface area contributed by atoms with Crippen LogP contribution in [0, 0.1) is 24.7 Å². The summed E-state index contributed by atoms with van der Waals surface area (Å²) in [6.45, 7) is 0. The second kappa shape index (κ2) is 23.4. The minimum atomic E-state index is -1.14. The summed E-state index contributed by atoms with van der Waals surface area (Å²) >= 11 is 0. The van der Waals surface area contributed by atoms with Gasteiger partial charge in [0.1, 0.15) is 47.7 Å². The number of fused-ring (bicyclic) bond motifs is 6. The molecule has 0 fully saturated rings. The standard InChI is InChI=1S/C30H24P2.2C16H9.2Au/c1-5-15-25(16-6-1)31(26-17-7-2-8-18-26)29-23-13-14-24-30(29)32(27-19-9-3-10-20-27)28-21-11-4-12-22-28;2*1-2-12-7-8-14-10-9-13-5-3-4-6-15(13)16(14)11-12;;/h1-24H;2*3-11H;;/q;2*-1;2*+1/p+2. The Labute approximate surface area is 422 Å². The predicted molar refractivity (Wildman–Crippen MR) is 282 cm³/mol. The molecule has 66 heavy (non-hydrogen) atoms. The van der Waals surface area contributed by atoms with Gasteiger partial charge in [-0.1, -0.05) is 170 Å². The van der Waals surface area contributed by atoms with Crippen LogP contribution in [0.4, 0.5) is 0 Å². The average Bonchev–Trinajstić information content (AvgIpc) is 3.38. The maximum atomic E-state index is 7.18. The summed E-state index contributed by atoms with van der Waals surface area (Å²) in [5, 5.41) is 18.4. The molecule has 11 rings (SSSR count). The summed E-state index contributed by atoms with van der Waals surface area (Å²) < 4.78 is 0. The molecular weight excluding hydrogens is 1200 g/mol. The third kappa shape index (κ3) is 10.9. The fourth-order valence-electron chi connectivity index (χ4n) is 8.45. The molecule has 322 valence electrons. The van der Waals surface area contributed by atoms with Gasteiger partial charge in [0.25, 0.3) is 0 Å². The van der Waals surface area contributed by atoms with Crippen LogP contribution in [-0.4, -0.2) is 0 Å². The van der Waals surface area contributed by atoms with Crippen LogP contribution in [0.2, 0.25) is 0 Å². The Hall–Kier alpha value is -6.08. The van der Waals surface area contributed by atoms with Gasteiger partial charge in [-0.2, -0.15) is 0 Å². The first-order chi connectivity index (χ1) is 31.7. The van der Waals surface area contributed by atoms with E-state index in [2.05, 4.69) is 206 Å². The summed E-state index contributed by atoms with van der Waals surface area (Å²) in [6, 6.07) is 90.5. The SMILES string of the molecule is [Au+].[Au+].[C-]#Cc1ccc2ccc3ccccc3c2c1.[C-]#Cc1ccc2ccc3ccccc3c2c1.c1ccc([PH+](c2ccccc2)c2ccccc2[PH+](c2ccccc2)c2ccccc2)cc1. The maximum Gasteiger partial charge on any atom is 1.00 e. The number of hydrogen-bond acceptors (Lipinski definition) is 0. The van der Waals surface area contributed by atoms with E-state index in [9.17, 15) is 0 Å². The summed E-state index contributed by atoms with van der Waals surface area (Å²) in [7, 11) is -2.28. The van der Waals surface area contributed by atoms with Crippen molar-refractivity contribution in [1.82, 2.24) is 0 Å². The van der Waals surface area contributed by atoms with E-state index in [1.165, 1.54) is 74.9 Å². The molecular formula is C62H44Au2P2+2. The zero-order valence-corrected chi connectivity index (χ0v) is 42.2. The van der Waals surface area contributed by atoms with Crippen molar-refractivity contribution in [3.05, 3.63) is 279 Å². The van der Waals surface area contributed by atoms with E-state index in [0.29, 0.717) is 0 Å². The third-order valence-electron chi connectivity index (χ3n) is 11.5. The van der Waals surface area contributed by atoms with Gasteiger partial charge < -0.3 is 12.8 Å². The zero-order valence-electron chi connectivity index (χ0n) is 35.9. The van der Waals surface area contributed by atoms with Gasteiger partial charge in [-0.3, -0.25) is 11.8 Å². The third-order valence-corrected chi connectivity index (χ3v) is 17.3. The molecule has 0 heterocycles. The van der Waals surface area contributed by atoms with Gasteiger partial charge in [0, 0.05) is 0 Å². The van der Waals surface area contributed by atoms with Crippen molar-refractivity contribution in [3.8, 4) is 11.8 Å². The number of hydrogen-bond donors (Lipinski definition) is 0. The Balaban J connectivity index is 0.000000160.